The van der Waals surface area contributed by atoms with Gasteiger partial charge in [0.2, 0.25) is 0 Å². The largest absolute Gasteiger partial charge is 0.158 e. The van der Waals surface area contributed by atoms with Crippen LogP contribution in [0.3, 0.4) is 0 Å². The van der Waals surface area contributed by atoms with E-state index in [0.717, 1.165) is 11.1 Å². The molecule has 1 aliphatic heterocycles. The van der Waals surface area contributed by atoms with Crippen LogP contribution < -0.4 is 5.43 Å². The molecule has 0 amide bonds. The summed E-state index contributed by atoms with van der Waals surface area (Å²) in [4.78, 5) is 0. The van der Waals surface area contributed by atoms with Crippen molar-refractivity contribution in [2.75, 3.05) is 0 Å². The second-order valence-corrected chi connectivity index (χ2v) is 2.24. The van der Waals surface area contributed by atoms with E-state index >= 15 is 0 Å². The molecule has 52 valence electrons. The van der Waals surface area contributed by atoms with Crippen LogP contribution in [0.2, 0.25) is 0 Å². The molecule has 0 aromatic heterocycles. The summed E-state index contributed by atoms with van der Waals surface area (Å²) in [5.74, 6) is 0. The van der Waals surface area contributed by atoms with Crippen molar-refractivity contribution in [2.24, 2.45) is 5.10 Å². The average molecular weight is 142 g/mol. The molecule has 2 heteroatoms. The van der Waals surface area contributed by atoms with Gasteiger partial charge in [0.05, 0.1) is 6.20 Å². The molecule has 0 N–H and O–H groups in total. The summed E-state index contributed by atoms with van der Waals surface area (Å²) in [6.45, 7) is 0. The molecule has 1 aromatic rings. The van der Waals surface area contributed by atoms with Gasteiger partial charge >= 0.3 is 0 Å². The molecule has 11 heavy (non-hydrogen) atoms. The number of rotatable bonds is 1. The molecule has 1 aromatic carbocycles. The Morgan fingerprint density at radius 3 is 2.55 bits per heavy atom. The van der Waals surface area contributed by atoms with E-state index in [0.29, 0.717) is 0 Å². The third kappa shape index (κ3) is 1.15. The molecule has 0 spiro atoms. The van der Waals surface area contributed by atoms with Crippen molar-refractivity contribution in [3.8, 4) is 0 Å². The number of allylic oxidation sites excluding steroid dienone is 1. The predicted octanol–water partition coefficient (Wildman–Crippen LogP) is 1.51. The molecule has 2 nitrogen and oxygen atoms in total. The SMILES string of the molecule is [C]1=N[N]C=C1c1ccccc1. The molecule has 0 fully saturated rings. The highest BCUT2D eigenvalue weighted by atomic mass is 15.3. The van der Waals surface area contributed by atoms with Crippen LogP contribution in [-0.4, -0.2) is 6.21 Å². The third-order valence-corrected chi connectivity index (χ3v) is 1.50. The first-order chi connectivity index (χ1) is 5.47. The molecule has 0 atom stereocenters. The van der Waals surface area contributed by atoms with Crippen molar-refractivity contribution in [3.63, 3.8) is 0 Å². The van der Waals surface area contributed by atoms with Crippen molar-refractivity contribution < 1.29 is 0 Å². The van der Waals surface area contributed by atoms with E-state index in [4.69, 9.17) is 0 Å². The van der Waals surface area contributed by atoms with Gasteiger partial charge in [-0.3, -0.25) is 0 Å². The maximum Gasteiger partial charge on any atom is 0.123 e. The lowest BCUT2D eigenvalue weighted by Gasteiger charge is -1.93. The van der Waals surface area contributed by atoms with Gasteiger partial charge in [0, 0.05) is 5.57 Å². The maximum atomic E-state index is 3.69. The summed E-state index contributed by atoms with van der Waals surface area (Å²) >= 11 is 0. The molecule has 0 unspecified atom stereocenters. The second-order valence-electron chi connectivity index (χ2n) is 2.24. The van der Waals surface area contributed by atoms with Gasteiger partial charge in [-0.2, -0.15) is 5.43 Å². The molecule has 1 heterocycles. The highest BCUT2D eigenvalue weighted by molar-refractivity contribution is 6.10. The van der Waals surface area contributed by atoms with E-state index in [-0.39, 0.29) is 0 Å². The molecular formula is C9H6N2. The Morgan fingerprint density at radius 2 is 1.91 bits per heavy atom. The fourth-order valence-corrected chi connectivity index (χ4v) is 0.955. The highest BCUT2D eigenvalue weighted by Gasteiger charge is 2.02. The Kier molecular flexibility index (Phi) is 1.44. The minimum Gasteiger partial charge on any atom is -0.158 e. The molecule has 1 aliphatic rings. The standard InChI is InChI=1S/C9H6N2/c1-2-4-8(5-3-1)9-6-10-11-7-9/h1-6H. The van der Waals surface area contributed by atoms with Crippen molar-refractivity contribution in [1.29, 1.82) is 0 Å². The van der Waals surface area contributed by atoms with E-state index in [9.17, 15) is 0 Å². The molecule has 2 radical (unpaired) electrons. The number of nitrogens with zero attached hydrogens (tertiary/aromatic N) is 2. The van der Waals surface area contributed by atoms with Crippen molar-refractivity contribution in [1.82, 2.24) is 5.43 Å². The van der Waals surface area contributed by atoms with Crippen LogP contribution >= 0.6 is 0 Å². The van der Waals surface area contributed by atoms with Crippen LogP contribution in [0.4, 0.5) is 0 Å². The lowest BCUT2D eigenvalue weighted by molar-refractivity contribution is 0.977. The topological polar surface area (TPSA) is 26.5 Å². The average Bonchev–Trinajstić information content (AvgIpc) is 2.58. The van der Waals surface area contributed by atoms with Crippen LogP contribution in [0.15, 0.2) is 41.6 Å². The Hall–Kier alpha value is -1.57. The number of hydrogen-bond acceptors (Lipinski definition) is 1. The lowest BCUT2D eigenvalue weighted by Crippen LogP contribution is -1.80. The van der Waals surface area contributed by atoms with E-state index < -0.39 is 0 Å². The third-order valence-electron chi connectivity index (χ3n) is 1.50. The Balaban J connectivity index is 2.37. The van der Waals surface area contributed by atoms with E-state index in [1.54, 1.807) is 6.20 Å². The van der Waals surface area contributed by atoms with Crippen LogP contribution in [0.1, 0.15) is 5.56 Å². The molecule has 0 bridgehead atoms. The van der Waals surface area contributed by atoms with Crippen LogP contribution in [0.5, 0.6) is 0 Å². The highest BCUT2D eigenvalue weighted by Crippen LogP contribution is 2.12. The normalized spacial score (nSPS) is 14.4. The van der Waals surface area contributed by atoms with Gasteiger partial charge < -0.3 is 0 Å². The Bertz CT molecular complexity index is 299. The van der Waals surface area contributed by atoms with E-state index in [1.165, 1.54) is 0 Å². The maximum absolute atomic E-state index is 3.69. The quantitative estimate of drug-likeness (QED) is 0.568. The van der Waals surface area contributed by atoms with Crippen molar-refractivity contribution in [3.05, 3.63) is 42.1 Å². The first-order valence-corrected chi connectivity index (χ1v) is 3.38. The van der Waals surface area contributed by atoms with Crippen LogP contribution in [0, 0.1) is 0 Å². The summed E-state index contributed by atoms with van der Waals surface area (Å²) in [6.07, 6.45) is 4.50. The zero-order chi connectivity index (χ0) is 7.52. The monoisotopic (exact) mass is 142 g/mol. The zero-order valence-corrected chi connectivity index (χ0v) is 5.86. The molecule has 0 saturated heterocycles. The summed E-state index contributed by atoms with van der Waals surface area (Å²) in [7, 11) is 0. The van der Waals surface area contributed by atoms with E-state index in [2.05, 4.69) is 16.7 Å². The fraction of sp³-hybridized carbons (Fsp3) is 0. The minimum absolute atomic E-state index is 0.950. The number of hydrogen-bond donors (Lipinski definition) is 0. The molecule has 0 saturated carbocycles. The van der Waals surface area contributed by atoms with Crippen LogP contribution in [0.25, 0.3) is 5.57 Å². The van der Waals surface area contributed by atoms with Crippen LogP contribution in [-0.2, 0) is 0 Å². The van der Waals surface area contributed by atoms with Gasteiger partial charge in [-0.05, 0) is 5.56 Å². The first kappa shape index (κ1) is 6.16. The van der Waals surface area contributed by atoms with E-state index in [1.807, 2.05) is 30.3 Å². The van der Waals surface area contributed by atoms with Crippen molar-refractivity contribution in [2.45, 2.75) is 0 Å². The lowest BCUT2D eigenvalue weighted by atomic mass is 10.1. The summed E-state index contributed by atoms with van der Waals surface area (Å²) in [6, 6.07) is 9.96. The molecule has 2 rings (SSSR count). The summed E-state index contributed by atoms with van der Waals surface area (Å²) < 4.78 is 0. The Labute approximate surface area is 65.2 Å². The Morgan fingerprint density at radius 1 is 1.09 bits per heavy atom. The van der Waals surface area contributed by atoms with Gasteiger partial charge in [0.15, 0.2) is 0 Å². The van der Waals surface area contributed by atoms with Gasteiger partial charge in [0.1, 0.15) is 6.21 Å². The number of benzene rings is 1. The van der Waals surface area contributed by atoms with Gasteiger partial charge in [0.25, 0.3) is 0 Å². The van der Waals surface area contributed by atoms with Crippen molar-refractivity contribution >= 4 is 11.8 Å². The molecule has 0 aliphatic carbocycles. The smallest absolute Gasteiger partial charge is 0.123 e. The van der Waals surface area contributed by atoms with Gasteiger partial charge in [-0.25, -0.2) is 0 Å². The van der Waals surface area contributed by atoms with Gasteiger partial charge in [-0.1, -0.05) is 30.3 Å². The molecular weight excluding hydrogens is 136 g/mol. The fourth-order valence-electron chi connectivity index (χ4n) is 0.955. The summed E-state index contributed by atoms with van der Waals surface area (Å²) in [5, 5.41) is 3.62. The first-order valence-electron chi connectivity index (χ1n) is 3.38. The predicted molar refractivity (Wildman–Crippen MR) is 44.0 cm³/mol. The zero-order valence-electron chi connectivity index (χ0n) is 5.86. The summed E-state index contributed by atoms with van der Waals surface area (Å²) in [5.41, 5.74) is 5.75. The second kappa shape index (κ2) is 2.58. The van der Waals surface area contributed by atoms with Gasteiger partial charge in [-0.15, -0.1) is 5.10 Å². The minimum atomic E-state index is 0.950.